The highest BCUT2D eigenvalue weighted by Gasteiger charge is 2.44. The molecule has 3 unspecified atom stereocenters. The number of rotatable bonds is 2. The number of hydrogen-bond donors (Lipinski definition) is 0. The number of ether oxygens (including phenoxy) is 1. The second kappa shape index (κ2) is 4.53. The van der Waals surface area contributed by atoms with Crippen molar-refractivity contribution in [3.8, 4) is 0 Å². The summed E-state index contributed by atoms with van der Waals surface area (Å²) in [6.45, 7) is 3.76. The van der Waals surface area contributed by atoms with Gasteiger partial charge >= 0.3 is 0 Å². The molecule has 0 saturated carbocycles. The molecule has 0 radical (unpaired) electrons. The van der Waals surface area contributed by atoms with Gasteiger partial charge in [0.1, 0.15) is 12.6 Å². The Kier molecular flexibility index (Phi) is 3.01. The third-order valence-electron chi connectivity index (χ3n) is 4.44. The predicted octanol–water partition coefficient (Wildman–Crippen LogP) is 0.387. The molecule has 0 aliphatic carbocycles. The molecule has 2 amide bonds. The van der Waals surface area contributed by atoms with Crippen molar-refractivity contribution in [2.45, 2.75) is 50.8 Å². The normalized spacial score (nSPS) is 34.1. The Morgan fingerprint density at radius 3 is 2.83 bits per heavy atom. The fourth-order valence-corrected chi connectivity index (χ4v) is 3.36. The molecule has 3 heterocycles. The van der Waals surface area contributed by atoms with Crippen LogP contribution in [-0.4, -0.2) is 59.5 Å². The lowest BCUT2D eigenvalue weighted by Gasteiger charge is -2.41. The first-order valence-electron chi connectivity index (χ1n) is 6.90. The summed E-state index contributed by atoms with van der Waals surface area (Å²) in [5.74, 6) is 0.219. The molecular formula is C13H20N2O3. The van der Waals surface area contributed by atoms with Crippen LogP contribution in [0.4, 0.5) is 0 Å². The maximum atomic E-state index is 12.4. The topological polar surface area (TPSA) is 49.9 Å². The fraction of sp³-hybridized carbons (Fsp3) is 0.846. The number of carbonyl (C=O) groups excluding carboxylic acids is 2. The summed E-state index contributed by atoms with van der Waals surface area (Å²) in [5, 5.41) is 0. The summed E-state index contributed by atoms with van der Waals surface area (Å²) in [5.41, 5.74) is 0. The summed E-state index contributed by atoms with van der Waals surface area (Å²) in [6, 6.07) is -0.179. The van der Waals surface area contributed by atoms with Gasteiger partial charge in [0, 0.05) is 13.2 Å². The maximum absolute atomic E-state index is 12.4. The quantitative estimate of drug-likeness (QED) is 0.714. The molecule has 0 bridgehead atoms. The Bertz CT molecular complexity index is 365. The molecule has 3 aliphatic rings. The zero-order valence-corrected chi connectivity index (χ0v) is 10.8. The molecule has 5 heteroatoms. The van der Waals surface area contributed by atoms with E-state index in [1.54, 1.807) is 9.80 Å². The third kappa shape index (κ3) is 1.81. The molecule has 3 saturated heterocycles. The van der Waals surface area contributed by atoms with Crippen molar-refractivity contribution >= 4 is 11.8 Å². The van der Waals surface area contributed by atoms with Crippen LogP contribution in [0.3, 0.4) is 0 Å². The Balaban J connectivity index is 1.75. The van der Waals surface area contributed by atoms with Gasteiger partial charge in [-0.3, -0.25) is 9.59 Å². The van der Waals surface area contributed by atoms with E-state index in [1.807, 2.05) is 6.92 Å². The lowest BCUT2D eigenvalue weighted by molar-refractivity contribution is -0.157. The minimum atomic E-state index is -0.199. The summed E-state index contributed by atoms with van der Waals surface area (Å²) >= 11 is 0. The van der Waals surface area contributed by atoms with E-state index in [1.165, 1.54) is 0 Å². The SMILES string of the molecule is CC(C1CCCO1)N1CC(=O)N2CCCC2C1=O. The molecule has 0 spiro atoms. The molecule has 5 nitrogen and oxygen atoms in total. The molecule has 18 heavy (non-hydrogen) atoms. The lowest BCUT2D eigenvalue weighted by atomic mass is 10.0. The van der Waals surface area contributed by atoms with Crippen molar-refractivity contribution in [1.29, 1.82) is 0 Å². The summed E-state index contributed by atoms with van der Waals surface area (Å²) in [7, 11) is 0. The van der Waals surface area contributed by atoms with Gasteiger partial charge in [-0.1, -0.05) is 0 Å². The van der Waals surface area contributed by atoms with Gasteiger partial charge in [0.15, 0.2) is 0 Å². The minimum absolute atomic E-state index is 0.0201. The number of hydrogen-bond acceptors (Lipinski definition) is 3. The third-order valence-corrected chi connectivity index (χ3v) is 4.44. The van der Waals surface area contributed by atoms with Crippen LogP contribution >= 0.6 is 0 Å². The first kappa shape index (κ1) is 12.0. The average molecular weight is 252 g/mol. The predicted molar refractivity (Wildman–Crippen MR) is 64.9 cm³/mol. The molecule has 0 aromatic heterocycles. The van der Waals surface area contributed by atoms with Crippen LogP contribution in [0.5, 0.6) is 0 Å². The Morgan fingerprint density at radius 1 is 1.28 bits per heavy atom. The lowest BCUT2D eigenvalue weighted by Crippen LogP contribution is -2.61. The van der Waals surface area contributed by atoms with E-state index in [9.17, 15) is 9.59 Å². The molecule has 0 aromatic rings. The van der Waals surface area contributed by atoms with Gasteiger partial charge < -0.3 is 14.5 Å². The number of fused-ring (bicyclic) bond motifs is 1. The van der Waals surface area contributed by atoms with Crippen LogP contribution in [-0.2, 0) is 14.3 Å². The van der Waals surface area contributed by atoms with Crippen molar-refractivity contribution in [2.24, 2.45) is 0 Å². The Hall–Kier alpha value is -1.10. The van der Waals surface area contributed by atoms with E-state index >= 15 is 0 Å². The molecule has 0 N–H and O–H groups in total. The van der Waals surface area contributed by atoms with Gasteiger partial charge in [0.25, 0.3) is 0 Å². The first-order chi connectivity index (χ1) is 8.68. The van der Waals surface area contributed by atoms with E-state index in [0.717, 1.165) is 38.8 Å². The van der Waals surface area contributed by atoms with E-state index in [-0.39, 0.29) is 36.5 Å². The van der Waals surface area contributed by atoms with Crippen LogP contribution in [0.2, 0.25) is 0 Å². The van der Waals surface area contributed by atoms with Gasteiger partial charge in [-0.15, -0.1) is 0 Å². The average Bonchev–Trinajstić information content (AvgIpc) is 3.01. The molecule has 100 valence electrons. The number of piperazine rings is 1. The molecular weight excluding hydrogens is 232 g/mol. The van der Waals surface area contributed by atoms with Crippen LogP contribution < -0.4 is 0 Å². The highest BCUT2D eigenvalue weighted by molar-refractivity contribution is 5.95. The second-order valence-electron chi connectivity index (χ2n) is 5.50. The minimum Gasteiger partial charge on any atom is -0.376 e. The van der Waals surface area contributed by atoms with E-state index in [2.05, 4.69) is 0 Å². The molecule has 3 fully saturated rings. The zero-order chi connectivity index (χ0) is 12.7. The van der Waals surface area contributed by atoms with E-state index in [0.29, 0.717) is 0 Å². The monoisotopic (exact) mass is 252 g/mol. The Labute approximate surface area is 107 Å². The Morgan fingerprint density at radius 2 is 2.11 bits per heavy atom. The zero-order valence-electron chi connectivity index (χ0n) is 10.8. The number of carbonyl (C=O) groups is 2. The van der Waals surface area contributed by atoms with E-state index < -0.39 is 0 Å². The summed E-state index contributed by atoms with van der Waals surface area (Å²) in [6.07, 6.45) is 3.92. The van der Waals surface area contributed by atoms with Gasteiger partial charge in [-0.05, 0) is 32.6 Å². The highest BCUT2D eigenvalue weighted by Crippen LogP contribution is 2.27. The fourth-order valence-electron chi connectivity index (χ4n) is 3.36. The molecule has 3 atom stereocenters. The van der Waals surface area contributed by atoms with Crippen molar-refractivity contribution in [1.82, 2.24) is 9.80 Å². The van der Waals surface area contributed by atoms with Gasteiger partial charge in [-0.2, -0.15) is 0 Å². The number of nitrogens with zero attached hydrogens (tertiary/aromatic N) is 2. The van der Waals surface area contributed by atoms with Gasteiger partial charge in [-0.25, -0.2) is 0 Å². The maximum Gasteiger partial charge on any atom is 0.246 e. The molecule has 3 rings (SSSR count). The van der Waals surface area contributed by atoms with Crippen molar-refractivity contribution in [2.75, 3.05) is 19.7 Å². The number of amides is 2. The summed E-state index contributed by atoms with van der Waals surface area (Å²) in [4.78, 5) is 28.0. The molecule has 0 aromatic carbocycles. The van der Waals surface area contributed by atoms with Gasteiger partial charge in [0.2, 0.25) is 11.8 Å². The van der Waals surface area contributed by atoms with Crippen LogP contribution in [0.15, 0.2) is 0 Å². The van der Waals surface area contributed by atoms with Crippen LogP contribution in [0, 0.1) is 0 Å². The van der Waals surface area contributed by atoms with E-state index in [4.69, 9.17) is 4.74 Å². The van der Waals surface area contributed by atoms with Crippen LogP contribution in [0.1, 0.15) is 32.6 Å². The van der Waals surface area contributed by atoms with Crippen molar-refractivity contribution in [3.63, 3.8) is 0 Å². The van der Waals surface area contributed by atoms with Gasteiger partial charge in [0.05, 0.1) is 12.1 Å². The van der Waals surface area contributed by atoms with Crippen LogP contribution in [0.25, 0.3) is 0 Å². The highest BCUT2D eigenvalue weighted by atomic mass is 16.5. The molecule has 3 aliphatic heterocycles. The standard InChI is InChI=1S/C13H20N2O3/c1-9(11-5-3-7-18-11)15-8-12(16)14-6-2-4-10(14)13(15)17/h9-11H,2-8H2,1H3. The van der Waals surface area contributed by atoms with Crippen molar-refractivity contribution < 1.29 is 14.3 Å². The largest absolute Gasteiger partial charge is 0.376 e. The summed E-state index contributed by atoms with van der Waals surface area (Å²) < 4.78 is 5.64. The van der Waals surface area contributed by atoms with Crippen molar-refractivity contribution in [3.05, 3.63) is 0 Å². The second-order valence-corrected chi connectivity index (χ2v) is 5.50. The smallest absolute Gasteiger partial charge is 0.246 e. The first-order valence-corrected chi connectivity index (χ1v) is 6.90.